The number of fused-ring (bicyclic) bond motifs is 1. The summed E-state index contributed by atoms with van der Waals surface area (Å²) in [5, 5.41) is 4.30. The van der Waals surface area contributed by atoms with Crippen LogP contribution in [0.1, 0.15) is 18.2 Å². The van der Waals surface area contributed by atoms with Crippen molar-refractivity contribution >= 4 is 33.3 Å². The predicted molar refractivity (Wildman–Crippen MR) is 90.0 cm³/mol. The summed E-state index contributed by atoms with van der Waals surface area (Å²) in [7, 11) is 1.83. The number of aryl methyl sites for hydroxylation is 2. The van der Waals surface area contributed by atoms with Gasteiger partial charge in [0, 0.05) is 19.7 Å². The zero-order valence-electron chi connectivity index (χ0n) is 12.9. The Balaban J connectivity index is 1.77. The van der Waals surface area contributed by atoms with E-state index in [0.717, 1.165) is 21.7 Å². The molecule has 1 aliphatic rings. The minimum atomic E-state index is -0.436. The van der Waals surface area contributed by atoms with E-state index in [-0.39, 0.29) is 10.8 Å². The number of carbonyl (C=O) groups excluding carboxylic acids is 1. The first-order chi connectivity index (χ1) is 11.1. The molecule has 1 aromatic carbocycles. The first kappa shape index (κ1) is 14.2. The number of rotatable bonds is 2. The van der Waals surface area contributed by atoms with E-state index < -0.39 is 6.04 Å². The normalized spacial score (nSPS) is 18.3. The van der Waals surface area contributed by atoms with Gasteiger partial charge in [-0.25, -0.2) is 0 Å². The highest BCUT2D eigenvalue weighted by molar-refractivity contribution is 7.16. The number of benzene rings is 1. The van der Waals surface area contributed by atoms with Gasteiger partial charge in [-0.2, -0.15) is 5.10 Å². The molecule has 1 fully saturated rings. The topological polar surface area (TPSA) is 60.1 Å². The highest BCUT2D eigenvalue weighted by Crippen LogP contribution is 2.31. The molecule has 118 valence electrons. The number of para-hydroxylation sites is 1. The molecule has 3 heterocycles. The van der Waals surface area contributed by atoms with Crippen LogP contribution < -0.4 is 9.77 Å². The fourth-order valence-electron chi connectivity index (χ4n) is 3.26. The summed E-state index contributed by atoms with van der Waals surface area (Å²) >= 11 is 1.19. The molecule has 2 aromatic heterocycles. The molecule has 0 bridgehead atoms. The monoisotopic (exact) mass is 328 g/mol. The van der Waals surface area contributed by atoms with Crippen molar-refractivity contribution in [3.63, 3.8) is 0 Å². The number of nitrogens with zero attached hydrogens (tertiary/aromatic N) is 4. The molecule has 0 N–H and O–H groups in total. The Hall–Kier alpha value is -2.41. The summed E-state index contributed by atoms with van der Waals surface area (Å²) in [6.45, 7) is 2.50. The van der Waals surface area contributed by atoms with Crippen molar-refractivity contribution in [2.45, 2.75) is 19.4 Å². The predicted octanol–water partition coefficient (Wildman–Crippen LogP) is 2.08. The molecule has 0 aliphatic carbocycles. The van der Waals surface area contributed by atoms with Gasteiger partial charge in [0.25, 0.3) is 5.91 Å². The third-order valence-corrected chi connectivity index (χ3v) is 5.20. The van der Waals surface area contributed by atoms with Crippen LogP contribution in [0.3, 0.4) is 0 Å². The Morgan fingerprint density at radius 3 is 2.78 bits per heavy atom. The van der Waals surface area contributed by atoms with Crippen LogP contribution in [0.4, 0.5) is 5.82 Å². The average Bonchev–Trinajstić information content (AvgIpc) is 3.14. The lowest BCUT2D eigenvalue weighted by Gasteiger charge is -2.17. The van der Waals surface area contributed by atoms with E-state index in [1.54, 1.807) is 14.1 Å². The molecule has 3 aromatic rings. The Labute approximate surface area is 136 Å². The zero-order valence-corrected chi connectivity index (χ0v) is 13.7. The van der Waals surface area contributed by atoms with Crippen molar-refractivity contribution in [3.05, 3.63) is 45.7 Å². The van der Waals surface area contributed by atoms with E-state index in [4.69, 9.17) is 0 Å². The number of hydrogen-bond acceptors (Lipinski definition) is 4. The number of hydrogen-bond donors (Lipinski definition) is 0. The molecule has 6 nitrogen and oxygen atoms in total. The molecule has 23 heavy (non-hydrogen) atoms. The maximum atomic E-state index is 12.9. The van der Waals surface area contributed by atoms with Gasteiger partial charge in [-0.3, -0.25) is 23.7 Å². The molecule has 1 saturated heterocycles. The molecule has 0 radical (unpaired) electrons. The fourth-order valence-corrected chi connectivity index (χ4v) is 4.19. The van der Waals surface area contributed by atoms with E-state index >= 15 is 0 Å². The first-order valence-corrected chi connectivity index (χ1v) is 8.30. The van der Waals surface area contributed by atoms with Gasteiger partial charge in [0.1, 0.15) is 11.9 Å². The van der Waals surface area contributed by atoms with Crippen LogP contribution in [0.25, 0.3) is 10.2 Å². The van der Waals surface area contributed by atoms with Crippen LogP contribution in [0, 0.1) is 6.92 Å². The Morgan fingerprint density at radius 2 is 2.04 bits per heavy atom. The molecule has 0 spiro atoms. The van der Waals surface area contributed by atoms with Gasteiger partial charge in [-0.05, 0) is 25.5 Å². The number of thiazole rings is 1. The van der Waals surface area contributed by atoms with Crippen LogP contribution in [-0.2, 0) is 11.8 Å². The maximum Gasteiger partial charge on any atom is 0.308 e. The van der Waals surface area contributed by atoms with E-state index in [2.05, 4.69) is 5.10 Å². The van der Waals surface area contributed by atoms with Crippen molar-refractivity contribution in [1.29, 1.82) is 0 Å². The lowest BCUT2D eigenvalue weighted by Crippen LogP contribution is -2.32. The summed E-state index contributed by atoms with van der Waals surface area (Å²) in [4.78, 5) is 26.9. The van der Waals surface area contributed by atoms with Crippen molar-refractivity contribution in [3.8, 4) is 0 Å². The number of carbonyl (C=O) groups is 1. The van der Waals surface area contributed by atoms with Gasteiger partial charge < -0.3 is 0 Å². The second-order valence-electron chi connectivity index (χ2n) is 5.77. The highest BCUT2D eigenvalue weighted by Gasteiger charge is 2.36. The number of amides is 1. The van der Waals surface area contributed by atoms with Crippen LogP contribution in [0.2, 0.25) is 0 Å². The smallest absolute Gasteiger partial charge is 0.295 e. The van der Waals surface area contributed by atoms with Gasteiger partial charge in [0.05, 0.1) is 15.9 Å². The molecule has 1 amide bonds. The minimum Gasteiger partial charge on any atom is -0.295 e. The van der Waals surface area contributed by atoms with Gasteiger partial charge >= 0.3 is 4.87 Å². The number of anilines is 1. The Bertz CT molecular complexity index is 968. The van der Waals surface area contributed by atoms with E-state index in [9.17, 15) is 9.59 Å². The Morgan fingerprint density at radius 1 is 1.26 bits per heavy atom. The average molecular weight is 328 g/mol. The van der Waals surface area contributed by atoms with Crippen molar-refractivity contribution in [1.82, 2.24) is 14.3 Å². The molecule has 0 unspecified atom stereocenters. The SMILES string of the molecule is Cc1cc(N2CC[C@@H](n3c(=O)sc4ccccc43)C2=O)n(C)n1. The molecule has 4 rings (SSSR count). The lowest BCUT2D eigenvalue weighted by atomic mass is 10.2. The van der Waals surface area contributed by atoms with Gasteiger partial charge in [-0.1, -0.05) is 23.5 Å². The molecular formula is C16H16N4O2S. The second-order valence-corrected chi connectivity index (χ2v) is 6.76. The second kappa shape index (κ2) is 5.06. The lowest BCUT2D eigenvalue weighted by molar-refractivity contribution is -0.119. The summed E-state index contributed by atoms with van der Waals surface area (Å²) in [5.74, 6) is 0.737. The fraction of sp³-hybridized carbons (Fsp3) is 0.312. The molecule has 1 aliphatic heterocycles. The summed E-state index contributed by atoms with van der Waals surface area (Å²) in [6, 6.07) is 9.08. The molecule has 7 heteroatoms. The van der Waals surface area contributed by atoms with Gasteiger partial charge in [-0.15, -0.1) is 0 Å². The minimum absolute atomic E-state index is 0.0429. The van der Waals surface area contributed by atoms with Gasteiger partial charge in [0.15, 0.2) is 0 Å². The number of aromatic nitrogens is 3. The van der Waals surface area contributed by atoms with Crippen molar-refractivity contribution < 1.29 is 4.79 Å². The van der Waals surface area contributed by atoms with Crippen LogP contribution in [0.15, 0.2) is 35.1 Å². The summed E-state index contributed by atoms with van der Waals surface area (Å²) in [5.41, 5.74) is 1.71. The third kappa shape index (κ3) is 2.11. The first-order valence-electron chi connectivity index (χ1n) is 7.48. The highest BCUT2D eigenvalue weighted by atomic mass is 32.1. The third-order valence-electron chi connectivity index (χ3n) is 4.26. The standard InChI is InChI=1S/C16H16N4O2S/c1-10-9-14(18(2)17-10)19-8-7-12(15(19)21)20-11-5-3-4-6-13(11)23-16(20)22/h3-6,9,12H,7-8H2,1-2H3/t12-/m1/s1. The van der Waals surface area contributed by atoms with Crippen molar-refractivity contribution in [2.24, 2.45) is 7.05 Å². The van der Waals surface area contributed by atoms with Gasteiger partial charge in [0.2, 0.25) is 0 Å². The van der Waals surface area contributed by atoms with E-state index in [1.807, 2.05) is 44.3 Å². The molecule has 1 atom stereocenters. The summed E-state index contributed by atoms with van der Waals surface area (Å²) < 4.78 is 4.27. The van der Waals surface area contributed by atoms with Crippen LogP contribution in [0.5, 0.6) is 0 Å². The Kier molecular flexibility index (Phi) is 3.12. The van der Waals surface area contributed by atoms with Crippen molar-refractivity contribution in [2.75, 3.05) is 11.4 Å². The van der Waals surface area contributed by atoms with Crippen LogP contribution >= 0.6 is 11.3 Å². The van der Waals surface area contributed by atoms with Crippen LogP contribution in [-0.4, -0.2) is 26.8 Å². The van der Waals surface area contributed by atoms with E-state index in [1.165, 1.54) is 11.3 Å². The zero-order chi connectivity index (χ0) is 16.1. The maximum absolute atomic E-state index is 12.9. The van der Waals surface area contributed by atoms with E-state index in [0.29, 0.717) is 13.0 Å². The largest absolute Gasteiger partial charge is 0.308 e. The quantitative estimate of drug-likeness (QED) is 0.724. The molecular weight excluding hydrogens is 312 g/mol. The molecule has 0 saturated carbocycles. The summed E-state index contributed by atoms with van der Waals surface area (Å²) in [6.07, 6.45) is 0.629.